The maximum absolute atomic E-state index is 12.2. The molecule has 1 rings (SSSR count). The Bertz CT molecular complexity index is 293. The summed E-state index contributed by atoms with van der Waals surface area (Å²) in [5.74, 6) is 2.14. The molecule has 0 spiro atoms. The molecule has 20 heavy (non-hydrogen) atoms. The van der Waals surface area contributed by atoms with Crippen LogP contribution in [-0.2, 0) is 4.79 Å². The van der Waals surface area contributed by atoms with Gasteiger partial charge in [0.15, 0.2) is 0 Å². The molecule has 1 saturated heterocycles. The van der Waals surface area contributed by atoms with Crippen molar-refractivity contribution in [2.45, 2.75) is 39.5 Å². The SMILES string of the molecule is CC(C)C(CCN)CCC(=O)N(C)CC1CCN(C)C1. The number of rotatable bonds is 8. The van der Waals surface area contributed by atoms with Crippen LogP contribution in [0.3, 0.4) is 0 Å². The Balaban J connectivity index is 2.30. The average molecular weight is 283 g/mol. The third-order valence-corrected chi connectivity index (χ3v) is 4.66. The molecule has 0 aliphatic carbocycles. The predicted octanol–water partition coefficient (Wildman–Crippen LogP) is 1.80. The van der Waals surface area contributed by atoms with Gasteiger partial charge in [0, 0.05) is 26.6 Å². The van der Waals surface area contributed by atoms with Crippen LogP contribution >= 0.6 is 0 Å². The lowest BCUT2D eigenvalue weighted by molar-refractivity contribution is -0.130. The number of amides is 1. The molecule has 2 atom stereocenters. The highest BCUT2D eigenvalue weighted by atomic mass is 16.2. The van der Waals surface area contributed by atoms with Gasteiger partial charge in [0.2, 0.25) is 5.91 Å². The summed E-state index contributed by atoms with van der Waals surface area (Å²) in [6.07, 6.45) is 3.89. The van der Waals surface area contributed by atoms with Gasteiger partial charge in [0.1, 0.15) is 0 Å². The molecule has 118 valence electrons. The van der Waals surface area contributed by atoms with E-state index < -0.39 is 0 Å². The average Bonchev–Trinajstić information content (AvgIpc) is 2.79. The molecular formula is C16H33N3O. The van der Waals surface area contributed by atoms with E-state index in [9.17, 15) is 4.79 Å². The Labute approximate surface area is 124 Å². The molecule has 2 unspecified atom stereocenters. The standard InChI is InChI=1S/C16H33N3O/c1-13(2)15(7-9-17)5-6-16(20)19(4)12-14-8-10-18(3)11-14/h13-15H,5-12,17H2,1-4H3. The van der Waals surface area contributed by atoms with Crippen LogP contribution in [0.2, 0.25) is 0 Å². The van der Waals surface area contributed by atoms with E-state index in [2.05, 4.69) is 25.8 Å². The normalized spacial score (nSPS) is 21.4. The van der Waals surface area contributed by atoms with Crippen LogP contribution in [0.25, 0.3) is 0 Å². The molecule has 4 nitrogen and oxygen atoms in total. The van der Waals surface area contributed by atoms with E-state index in [0.717, 1.165) is 32.5 Å². The molecule has 0 aromatic rings. The molecule has 2 N–H and O–H groups in total. The van der Waals surface area contributed by atoms with Crippen molar-refractivity contribution in [3.05, 3.63) is 0 Å². The van der Waals surface area contributed by atoms with Crippen molar-refractivity contribution in [2.24, 2.45) is 23.5 Å². The zero-order chi connectivity index (χ0) is 15.1. The van der Waals surface area contributed by atoms with E-state index in [0.29, 0.717) is 30.1 Å². The molecule has 1 aliphatic rings. The van der Waals surface area contributed by atoms with Crippen LogP contribution < -0.4 is 5.73 Å². The largest absolute Gasteiger partial charge is 0.345 e. The molecule has 1 amide bonds. The molecule has 0 aromatic carbocycles. The fraction of sp³-hybridized carbons (Fsp3) is 0.938. The van der Waals surface area contributed by atoms with Crippen LogP contribution in [0.1, 0.15) is 39.5 Å². The van der Waals surface area contributed by atoms with Gasteiger partial charge in [0.05, 0.1) is 0 Å². The number of hydrogen-bond acceptors (Lipinski definition) is 3. The lowest BCUT2D eigenvalue weighted by Crippen LogP contribution is -2.33. The molecule has 0 aromatic heterocycles. The van der Waals surface area contributed by atoms with Crippen molar-refractivity contribution in [3.63, 3.8) is 0 Å². The summed E-state index contributed by atoms with van der Waals surface area (Å²) >= 11 is 0. The molecule has 1 aliphatic heterocycles. The van der Waals surface area contributed by atoms with Gasteiger partial charge in [0.25, 0.3) is 0 Å². The van der Waals surface area contributed by atoms with Gasteiger partial charge < -0.3 is 15.5 Å². The van der Waals surface area contributed by atoms with Gasteiger partial charge in [-0.1, -0.05) is 13.8 Å². The minimum atomic E-state index is 0.294. The second kappa shape index (κ2) is 8.63. The summed E-state index contributed by atoms with van der Waals surface area (Å²) in [6.45, 7) is 8.37. The van der Waals surface area contributed by atoms with Crippen LogP contribution in [-0.4, -0.2) is 56.0 Å². The van der Waals surface area contributed by atoms with Crippen molar-refractivity contribution >= 4 is 5.91 Å². The first-order chi connectivity index (χ1) is 9.43. The maximum atomic E-state index is 12.2. The molecule has 0 bridgehead atoms. The van der Waals surface area contributed by atoms with E-state index in [1.807, 2.05) is 11.9 Å². The lowest BCUT2D eigenvalue weighted by Gasteiger charge is -2.24. The highest BCUT2D eigenvalue weighted by molar-refractivity contribution is 5.75. The molecule has 0 radical (unpaired) electrons. The van der Waals surface area contributed by atoms with E-state index in [1.54, 1.807) is 0 Å². The lowest BCUT2D eigenvalue weighted by atomic mass is 9.88. The number of hydrogen-bond donors (Lipinski definition) is 1. The Morgan fingerprint density at radius 1 is 1.40 bits per heavy atom. The van der Waals surface area contributed by atoms with Gasteiger partial charge >= 0.3 is 0 Å². The number of nitrogens with zero attached hydrogens (tertiary/aromatic N) is 2. The van der Waals surface area contributed by atoms with E-state index >= 15 is 0 Å². The Morgan fingerprint density at radius 3 is 2.60 bits per heavy atom. The van der Waals surface area contributed by atoms with Crippen molar-refractivity contribution in [3.8, 4) is 0 Å². The first-order valence-electron chi connectivity index (χ1n) is 8.06. The van der Waals surface area contributed by atoms with Crippen LogP contribution in [0.5, 0.6) is 0 Å². The van der Waals surface area contributed by atoms with Crippen molar-refractivity contribution in [2.75, 3.05) is 40.3 Å². The molecular weight excluding hydrogens is 250 g/mol. The van der Waals surface area contributed by atoms with Gasteiger partial charge in [-0.25, -0.2) is 0 Å². The third-order valence-electron chi connectivity index (χ3n) is 4.66. The minimum Gasteiger partial charge on any atom is -0.345 e. The highest BCUT2D eigenvalue weighted by Gasteiger charge is 2.23. The monoisotopic (exact) mass is 283 g/mol. The zero-order valence-electron chi connectivity index (χ0n) is 13.8. The van der Waals surface area contributed by atoms with Crippen molar-refractivity contribution in [1.29, 1.82) is 0 Å². The van der Waals surface area contributed by atoms with Crippen molar-refractivity contribution in [1.82, 2.24) is 9.80 Å². The predicted molar refractivity (Wildman–Crippen MR) is 84.5 cm³/mol. The quantitative estimate of drug-likeness (QED) is 0.739. The molecule has 4 heteroatoms. The Hall–Kier alpha value is -0.610. The zero-order valence-corrected chi connectivity index (χ0v) is 13.8. The Kier molecular flexibility index (Phi) is 7.52. The fourth-order valence-corrected chi connectivity index (χ4v) is 3.19. The number of carbonyl (C=O) groups excluding carboxylic acids is 1. The first-order valence-corrected chi connectivity index (χ1v) is 8.06. The van der Waals surface area contributed by atoms with Gasteiger partial charge in [-0.3, -0.25) is 4.79 Å². The summed E-state index contributed by atoms with van der Waals surface area (Å²) in [6, 6.07) is 0. The van der Waals surface area contributed by atoms with Crippen LogP contribution in [0.15, 0.2) is 0 Å². The van der Waals surface area contributed by atoms with E-state index in [1.165, 1.54) is 13.0 Å². The fourth-order valence-electron chi connectivity index (χ4n) is 3.19. The number of nitrogens with two attached hydrogens (primary N) is 1. The summed E-state index contributed by atoms with van der Waals surface area (Å²) in [5.41, 5.74) is 5.66. The molecule has 0 saturated carbocycles. The van der Waals surface area contributed by atoms with Gasteiger partial charge in [-0.2, -0.15) is 0 Å². The Morgan fingerprint density at radius 2 is 2.10 bits per heavy atom. The number of likely N-dealkylation sites (tertiary alicyclic amines) is 1. The van der Waals surface area contributed by atoms with Crippen LogP contribution in [0, 0.1) is 17.8 Å². The second-order valence-electron chi connectivity index (χ2n) is 6.81. The topological polar surface area (TPSA) is 49.6 Å². The van der Waals surface area contributed by atoms with Crippen molar-refractivity contribution < 1.29 is 4.79 Å². The van der Waals surface area contributed by atoms with Crippen LogP contribution in [0.4, 0.5) is 0 Å². The summed E-state index contributed by atoms with van der Waals surface area (Å²) in [4.78, 5) is 16.5. The smallest absolute Gasteiger partial charge is 0.222 e. The summed E-state index contributed by atoms with van der Waals surface area (Å²) in [7, 11) is 4.11. The van der Waals surface area contributed by atoms with Gasteiger partial charge in [-0.05, 0) is 57.2 Å². The minimum absolute atomic E-state index is 0.294. The van der Waals surface area contributed by atoms with E-state index in [-0.39, 0.29) is 0 Å². The second-order valence-corrected chi connectivity index (χ2v) is 6.81. The van der Waals surface area contributed by atoms with E-state index in [4.69, 9.17) is 5.73 Å². The highest BCUT2D eigenvalue weighted by Crippen LogP contribution is 2.21. The molecule has 1 heterocycles. The summed E-state index contributed by atoms with van der Waals surface area (Å²) in [5, 5.41) is 0. The first kappa shape index (κ1) is 17.4. The van der Waals surface area contributed by atoms with Gasteiger partial charge in [-0.15, -0.1) is 0 Å². The number of carbonyl (C=O) groups is 1. The maximum Gasteiger partial charge on any atom is 0.222 e. The molecule has 1 fully saturated rings. The summed E-state index contributed by atoms with van der Waals surface area (Å²) < 4.78 is 0. The third kappa shape index (κ3) is 5.80.